The van der Waals surface area contributed by atoms with Crippen molar-refractivity contribution in [1.29, 1.82) is 5.26 Å². The summed E-state index contributed by atoms with van der Waals surface area (Å²) < 4.78 is 0. The molecule has 16 aromatic rings. The van der Waals surface area contributed by atoms with Crippen LogP contribution in [0, 0.1) is 94.9 Å². The van der Waals surface area contributed by atoms with Crippen molar-refractivity contribution in [2.75, 3.05) is 0 Å². The molecule has 0 spiro atoms. The van der Waals surface area contributed by atoms with Gasteiger partial charge in [-0.3, -0.25) is 4.99 Å². The van der Waals surface area contributed by atoms with Gasteiger partial charge in [-0.25, -0.2) is 5.26 Å². The van der Waals surface area contributed by atoms with Crippen molar-refractivity contribution in [2.45, 2.75) is 54.9 Å². The third kappa shape index (κ3) is 41.8. The molecular weight excluding hydrogens is 1700 g/mol. The second-order valence-electron chi connectivity index (χ2n) is 28.1. The number of rotatable bonds is 13. The summed E-state index contributed by atoms with van der Waals surface area (Å²) in [5, 5.41) is 21.2. The van der Waals surface area contributed by atoms with E-state index in [0.29, 0.717) is 0 Å². The third-order valence-corrected chi connectivity index (χ3v) is 22.2. The molecule has 0 aliphatic rings. The van der Waals surface area contributed by atoms with Gasteiger partial charge in [-0.2, -0.15) is 148 Å². The van der Waals surface area contributed by atoms with Crippen LogP contribution in [0.4, 0.5) is 28.4 Å². The van der Waals surface area contributed by atoms with Crippen LogP contribution in [0.5, 0.6) is 0 Å². The Morgan fingerprint density at radius 1 is 0.250 bits per heavy atom. The fourth-order valence-corrected chi connectivity index (χ4v) is 15.6. The number of amidine groups is 2. The van der Waals surface area contributed by atoms with Crippen LogP contribution >= 0.6 is 15.8 Å². The van der Waals surface area contributed by atoms with Gasteiger partial charge in [-0.1, -0.05) is 330 Å². The largest absolute Gasteiger partial charge is 4.00 e. The van der Waals surface area contributed by atoms with Gasteiger partial charge in [0.1, 0.15) is 0 Å². The minimum atomic E-state index is -0.894. The summed E-state index contributed by atoms with van der Waals surface area (Å²) >= 11 is 0. The summed E-state index contributed by atoms with van der Waals surface area (Å²) in [4.78, 5) is 14.7. The summed E-state index contributed by atoms with van der Waals surface area (Å²) in [7, 11) is -1.62. The number of aryl methyl sites for hydroxylation is 6. The van der Waals surface area contributed by atoms with Crippen molar-refractivity contribution in [3.63, 3.8) is 0 Å². The maximum absolute atomic E-state index is 6.50. The predicted octanol–water partition coefficient (Wildman–Crippen LogP) is 30.2. The molecule has 0 N–H and O–H groups in total. The zero-order valence-corrected chi connectivity index (χ0v) is 79.0. The van der Waals surface area contributed by atoms with Crippen LogP contribution in [-0.4, -0.2) is 16.9 Å². The van der Waals surface area contributed by atoms with Crippen LogP contribution in [0.25, 0.3) is 10.6 Å². The smallest absolute Gasteiger partial charge is 0.440 e. The first kappa shape index (κ1) is 102. The quantitative estimate of drug-likeness (QED) is 0.0489. The molecule has 10 heteroatoms. The van der Waals surface area contributed by atoms with Crippen LogP contribution in [0.1, 0.15) is 79.2 Å². The molecule has 124 heavy (non-hydrogen) atoms. The van der Waals surface area contributed by atoms with E-state index < -0.39 is 15.8 Å². The van der Waals surface area contributed by atoms with Gasteiger partial charge in [0.05, 0.1) is 11.1 Å². The molecule has 6 nitrogen and oxygen atoms in total. The van der Waals surface area contributed by atoms with Gasteiger partial charge in [0, 0.05) is 20.9 Å². The number of aliphatic imine (C=N–C) groups is 3. The van der Waals surface area contributed by atoms with Crippen molar-refractivity contribution in [3.8, 4) is 6.57 Å². The number of nitriles is 1. The molecule has 0 fully saturated rings. The normalized spacial score (nSPS) is 10.2. The third-order valence-electron chi connectivity index (χ3n) is 17.5. The average molecular weight is 1810 g/mol. The van der Waals surface area contributed by atoms with E-state index in [1.807, 2.05) is 213 Å². The van der Waals surface area contributed by atoms with Crippen LogP contribution in [0.2, 0.25) is 0 Å². The maximum atomic E-state index is 6.50. The Bertz CT molecular complexity index is 4990. The molecule has 16 aromatic carbocycles. The number of hydrogen-bond donors (Lipinski definition) is 0. The van der Waals surface area contributed by atoms with Crippen molar-refractivity contribution >= 4 is 82.4 Å². The monoisotopic (exact) mass is 1800 g/mol. The molecule has 0 amide bonds. The van der Waals surface area contributed by atoms with E-state index in [2.05, 4.69) is 343 Å². The zero-order chi connectivity index (χ0) is 87.2. The standard InChI is InChI=1S/C28H26NP.C27H24N2P.C16H17N2.6C7H7.CHN.2Zr/c1-22-13-17-24(18-14-22)21-28(29-25-19-15-23(2)16-20-25)30(26-9-5-3-6-10-26)27-11-7-4-8-12-27;1-21-13-17-23(18-14-21)28-27(29-24-19-15-22(2)16-20-24)30(25-9-5-3-6-10-25)26-11-7-4-8-12-26;1-12-4-8-15(9-5-12)17-14(3)18-16-10-6-13(2)7-11-16;6*1-7-5-3-2-4-6-7;1-2;;/h3-20H,21H2,1-2H3;3-20H,1-2H3;4-11H,1-3H3;6*2-6H,1H2;1H;;/q;8*-1;;2*+4. The summed E-state index contributed by atoms with van der Waals surface area (Å²) in [5.74, 6) is 0.766. The Kier molecular flexibility index (Phi) is 49.4. The molecule has 0 saturated carbocycles. The van der Waals surface area contributed by atoms with E-state index >= 15 is 0 Å². The predicted molar refractivity (Wildman–Crippen MR) is 534 cm³/mol. The first-order chi connectivity index (χ1) is 59.4. The summed E-state index contributed by atoms with van der Waals surface area (Å²) in [6.07, 6.45) is 0.837. The van der Waals surface area contributed by atoms with E-state index in [9.17, 15) is 0 Å². The molecule has 0 saturated heterocycles. The number of hydrogen-bond acceptors (Lipinski definition) is 4. The van der Waals surface area contributed by atoms with Crippen LogP contribution in [0.3, 0.4) is 0 Å². The minimum Gasteiger partial charge on any atom is -0.440 e. The Labute approximate surface area is 783 Å². The Morgan fingerprint density at radius 3 is 0.694 bits per heavy atom. The van der Waals surface area contributed by atoms with Crippen LogP contribution < -0.4 is 21.2 Å². The fraction of sp³-hybridized carbons (Fsp3) is 0.0702. The van der Waals surface area contributed by atoms with E-state index in [4.69, 9.17) is 20.6 Å². The first-order valence-corrected chi connectivity index (χ1v) is 42.9. The molecular formula is C114H110N6P2Zr2. The fourth-order valence-electron chi connectivity index (χ4n) is 11.1. The second kappa shape index (κ2) is 60.1. The first-order valence-electron chi connectivity index (χ1n) is 40.2. The Balaban J connectivity index is 0.000000266. The summed E-state index contributed by atoms with van der Waals surface area (Å²) in [5.41, 5.74) is 22.0. The summed E-state index contributed by atoms with van der Waals surface area (Å²) in [6.45, 7) is 40.3. The molecule has 16 rings (SSSR count). The van der Waals surface area contributed by atoms with Crippen molar-refractivity contribution in [3.05, 3.63) is 573 Å². The van der Waals surface area contributed by atoms with Gasteiger partial charge in [-0.15, -0.1) is 72.8 Å². The van der Waals surface area contributed by atoms with Crippen molar-refractivity contribution < 1.29 is 52.4 Å². The molecule has 0 radical (unpaired) electrons. The molecule has 0 heterocycles. The van der Waals surface area contributed by atoms with Gasteiger partial charge >= 0.3 is 52.4 Å². The van der Waals surface area contributed by atoms with E-state index in [0.717, 1.165) is 79.7 Å². The maximum Gasteiger partial charge on any atom is 4.00 e. The average Bonchev–Trinajstić information content (AvgIpc) is 0.814. The molecule has 0 atom stereocenters. The van der Waals surface area contributed by atoms with Crippen LogP contribution in [-0.2, 0) is 58.8 Å². The Morgan fingerprint density at radius 2 is 0.452 bits per heavy atom. The van der Waals surface area contributed by atoms with Gasteiger partial charge < -0.3 is 20.6 Å². The second-order valence-corrected chi connectivity index (χ2v) is 32.4. The van der Waals surface area contributed by atoms with E-state index in [1.54, 1.807) is 0 Å². The molecule has 0 aliphatic heterocycles. The van der Waals surface area contributed by atoms with Gasteiger partial charge in [-0.05, 0) is 124 Å². The molecule has 0 aromatic heterocycles. The number of benzene rings is 16. The van der Waals surface area contributed by atoms with E-state index in [-0.39, 0.29) is 52.4 Å². The molecule has 0 aliphatic carbocycles. The topological polar surface area (TPSA) is 89.1 Å². The molecule has 0 unspecified atom stereocenters. The summed E-state index contributed by atoms with van der Waals surface area (Å²) in [6, 6.07) is 152. The Hall–Kier alpha value is -12.5. The van der Waals surface area contributed by atoms with Crippen LogP contribution in [0.15, 0.2) is 464 Å². The number of nitrogens with zero attached hydrogens (tertiary/aromatic N) is 6. The van der Waals surface area contributed by atoms with Crippen molar-refractivity contribution in [1.82, 2.24) is 0 Å². The van der Waals surface area contributed by atoms with Gasteiger partial charge in [0.25, 0.3) is 0 Å². The van der Waals surface area contributed by atoms with Crippen molar-refractivity contribution in [2.24, 2.45) is 15.0 Å². The SMILES string of the molecule is C#N.CC(=Nc1ccc(C)cc1)[N-]c1ccc(C)cc1.Cc1ccc(CC(=Nc2ccc(C)cc2)P(c2ccccc2)c2ccccc2)cc1.Cc1ccc(N=C([N-]c2ccc(C)cc2)P(c2ccccc2)c2ccccc2)cc1.[CH2-]c1ccccc1.[CH2-]c1ccccc1.[CH2-]c1ccccc1.[CH2-]c1ccccc1.[CH2-]c1ccccc1.[CH2-]c1ccccc1.[Zr+4].[Zr+4]. The zero-order valence-electron chi connectivity index (χ0n) is 72.3. The molecule has 614 valence electrons. The molecule has 0 bridgehead atoms. The van der Waals surface area contributed by atoms with E-state index in [1.165, 1.54) is 65.6 Å². The van der Waals surface area contributed by atoms with Gasteiger partial charge in [0.2, 0.25) is 0 Å². The van der Waals surface area contributed by atoms with Gasteiger partial charge in [0.15, 0.2) is 0 Å². The minimum absolute atomic E-state index is 0.